The molecule has 1 aromatic heterocycles. The number of anilines is 2. The van der Waals surface area contributed by atoms with Gasteiger partial charge in [0.2, 0.25) is 11.9 Å². The van der Waals surface area contributed by atoms with Crippen LogP contribution in [-0.4, -0.2) is 78.5 Å². The van der Waals surface area contributed by atoms with Gasteiger partial charge in [0.05, 0.1) is 18.7 Å². The van der Waals surface area contributed by atoms with Gasteiger partial charge in [0.1, 0.15) is 11.6 Å². The fourth-order valence-electron chi connectivity index (χ4n) is 5.00. The van der Waals surface area contributed by atoms with Crippen molar-refractivity contribution in [1.29, 1.82) is 0 Å². The zero-order valence-corrected chi connectivity index (χ0v) is 19.5. The number of rotatable bonds is 4. The summed E-state index contributed by atoms with van der Waals surface area (Å²) in [7, 11) is 2.15. The molecule has 0 spiro atoms. The number of likely N-dealkylation sites (N-methyl/N-ethyl adjacent to an activating group) is 1. The van der Waals surface area contributed by atoms with Crippen LogP contribution in [0.1, 0.15) is 36.1 Å². The minimum absolute atomic E-state index is 0.0664. The van der Waals surface area contributed by atoms with Crippen LogP contribution >= 0.6 is 0 Å². The Balaban J connectivity index is 1.40. The number of hydrogen-bond acceptors (Lipinski definition) is 6. The lowest BCUT2D eigenvalue weighted by atomic mass is 10.0. The maximum absolute atomic E-state index is 13.2. The van der Waals surface area contributed by atoms with Gasteiger partial charge in [-0.05, 0) is 44.0 Å². The monoisotopic (exact) mass is 452 g/mol. The quantitative estimate of drug-likeness (QED) is 0.711. The molecule has 0 saturated carbocycles. The maximum atomic E-state index is 13.2. The number of carbonyl (C=O) groups excluding carboxylic acids is 1. The summed E-state index contributed by atoms with van der Waals surface area (Å²) >= 11 is 0. The molecular formula is C25H33FN6O. The van der Waals surface area contributed by atoms with Crippen LogP contribution in [0.5, 0.6) is 0 Å². The van der Waals surface area contributed by atoms with E-state index < -0.39 is 0 Å². The Morgan fingerprint density at radius 3 is 2.36 bits per heavy atom. The standard InChI is InChI=1S/C25H33FN6O/c1-29-13-15-30(16-14-29)24-21-18-32(23(33)17-19-5-7-20(26)8-6-19)12-9-22(21)27-25(28-24)31-10-3-2-4-11-31/h5-8H,2-4,9-18H2,1H3. The molecule has 7 nitrogen and oxygen atoms in total. The molecule has 0 N–H and O–H groups in total. The van der Waals surface area contributed by atoms with Gasteiger partial charge in [-0.1, -0.05) is 12.1 Å². The molecular weight excluding hydrogens is 419 g/mol. The minimum atomic E-state index is -0.281. The first-order valence-corrected chi connectivity index (χ1v) is 12.2. The second-order valence-corrected chi connectivity index (χ2v) is 9.48. The lowest BCUT2D eigenvalue weighted by Gasteiger charge is -2.38. The molecule has 0 radical (unpaired) electrons. The van der Waals surface area contributed by atoms with Crippen LogP contribution in [0.15, 0.2) is 24.3 Å². The molecule has 4 heterocycles. The van der Waals surface area contributed by atoms with Crippen LogP contribution in [0.25, 0.3) is 0 Å². The topological polar surface area (TPSA) is 55.8 Å². The highest BCUT2D eigenvalue weighted by Gasteiger charge is 2.30. The Hall–Kier alpha value is -2.74. The van der Waals surface area contributed by atoms with Gasteiger partial charge in [0.15, 0.2) is 0 Å². The first-order chi connectivity index (χ1) is 16.1. The van der Waals surface area contributed by atoms with Crippen LogP contribution in [-0.2, 0) is 24.2 Å². The number of halogens is 1. The summed E-state index contributed by atoms with van der Waals surface area (Å²) in [6.07, 6.45) is 4.69. The molecule has 33 heavy (non-hydrogen) atoms. The first kappa shape index (κ1) is 22.1. The Morgan fingerprint density at radius 1 is 0.909 bits per heavy atom. The molecule has 0 atom stereocenters. The summed E-state index contributed by atoms with van der Waals surface area (Å²) in [5, 5.41) is 0. The normalized spacial score (nSPS) is 19.5. The summed E-state index contributed by atoms with van der Waals surface area (Å²) in [4.78, 5) is 32.1. The summed E-state index contributed by atoms with van der Waals surface area (Å²) in [6.45, 7) is 7.11. The average molecular weight is 453 g/mol. The number of fused-ring (bicyclic) bond motifs is 1. The number of piperazine rings is 1. The molecule has 8 heteroatoms. The lowest BCUT2D eigenvalue weighted by molar-refractivity contribution is -0.131. The average Bonchev–Trinajstić information content (AvgIpc) is 2.85. The number of nitrogens with zero attached hydrogens (tertiary/aromatic N) is 6. The molecule has 1 aromatic carbocycles. The number of amides is 1. The Kier molecular flexibility index (Phi) is 6.44. The second-order valence-electron chi connectivity index (χ2n) is 9.48. The van der Waals surface area contributed by atoms with Gasteiger partial charge < -0.3 is 19.6 Å². The number of hydrogen-bond donors (Lipinski definition) is 0. The first-order valence-electron chi connectivity index (χ1n) is 12.2. The van der Waals surface area contributed by atoms with Crippen molar-refractivity contribution < 1.29 is 9.18 Å². The van der Waals surface area contributed by atoms with E-state index in [1.54, 1.807) is 12.1 Å². The van der Waals surface area contributed by atoms with Crippen LogP contribution < -0.4 is 9.80 Å². The second kappa shape index (κ2) is 9.63. The van der Waals surface area contributed by atoms with Crippen LogP contribution in [0, 0.1) is 5.82 Å². The minimum Gasteiger partial charge on any atom is -0.354 e. The molecule has 0 bridgehead atoms. The van der Waals surface area contributed by atoms with E-state index in [4.69, 9.17) is 9.97 Å². The Bertz CT molecular complexity index is 983. The van der Waals surface area contributed by atoms with Crippen molar-refractivity contribution in [3.05, 3.63) is 46.9 Å². The largest absolute Gasteiger partial charge is 0.354 e. The van der Waals surface area contributed by atoms with E-state index in [0.717, 1.165) is 74.3 Å². The molecule has 2 fully saturated rings. The summed E-state index contributed by atoms with van der Waals surface area (Å²) in [5.74, 6) is 1.65. The van der Waals surface area contributed by atoms with Crippen LogP contribution in [0.2, 0.25) is 0 Å². The molecule has 3 aliphatic heterocycles. The fraction of sp³-hybridized carbons (Fsp3) is 0.560. The van der Waals surface area contributed by atoms with Gasteiger partial charge in [-0.25, -0.2) is 9.37 Å². The number of piperidine rings is 1. The smallest absolute Gasteiger partial charge is 0.227 e. The summed E-state index contributed by atoms with van der Waals surface area (Å²) in [5.41, 5.74) is 3.02. The lowest BCUT2D eigenvalue weighted by Crippen LogP contribution is -2.46. The zero-order valence-electron chi connectivity index (χ0n) is 19.5. The molecule has 2 saturated heterocycles. The van der Waals surface area contributed by atoms with E-state index in [0.29, 0.717) is 13.1 Å². The van der Waals surface area contributed by atoms with E-state index in [2.05, 4.69) is 21.7 Å². The predicted molar refractivity (Wildman–Crippen MR) is 127 cm³/mol. The highest BCUT2D eigenvalue weighted by Crippen LogP contribution is 2.31. The van der Waals surface area contributed by atoms with Crippen molar-refractivity contribution in [2.45, 2.75) is 38.6 Å². The molecule has 2 aromatic rings. The van der Waals surface area contributed by atoms with Gasteiger partial charge in [-0.2, -0.15) is 4.98 Å². The van der Waals surface area contributed by atoms with Crippen molar-refractivity contribution in [1.82, 2.24) is 19.8 Å². The Morgan fingerprint density at radius 2 is 1.64 bits per heavy atom. The highest BCUT2D eigenvalue weighted by atomic mass is 19.1. The van der Waals surface area contributed by atoms with Crippen molar-refractivity contribution in [2.24, 2.45) is 0 Å². The molecule has 1 amide bonds. The van der Waals surface area contributed by atoms with Crippen molar-refractivity contribution in [3.8, 4) is 0 Å². The van der Waals surface area contributed by atoms with Crippen LogP contribution in [0.4, 0.5) is 16.2 Å². The number of aromatic nitrogens is 2. The summed E-state index contributed by atoms with van der Waals surface area (Å²) in [6, 6.07) is 6.20. The molecule has 0 aliphatic carbocycles. The van der Waals surface area contributed by atoms with E-state index in [1.807, 2.05) is 4.90 Å². The fourth-order valence-corrected chi connectivity index (χ4v) is 5.00. The Labute approximate surface area is 195 Å². The molecule has 5 rings (SSSR count). The van der Waals surface area contributed by atoms with Gasteiger partial charge in [-0.15, -0.1) is 0 Å². The van der Waals surface area contributed by atoms with E-state index >= 15 is 0 Å². The van der Waals surface area contributed by atoms with Gasteiger partial charge in [0.25, 0.3) is 0 Å². The third kappa shape index (κ3) is 4.95. The third-order valence-electron chi connectivity index (χ3n) is 7.09. The molecule has 3 aliphatic rings. The SMILES string of the molecule is CN1CCN(c2nc(N3CCCCC3)nc3c2CN(C(=O)Cc2ccc(F)cc2)CC3)CC1. The van der Waals surface area contributed by atoms with E-state index in [-0.39, 0.29) is 18.1 Å². The van der Waals surface area contributed by atoms with Crippen LogP contribution in [0.3, 0.4) is 0 Å². The molecule has 0 unspecified atom stereocenters. The maximum Gasteiger partial charge on any atom is 0.227 e. The van der Waals surface area contributed by atoms with Crippen molar-refractivity contribution in [3.63, 3.8) is 0 Å². The van der Waals surface area contributed by atoms with Gasteiger partial charge in [-0.3, -0.25) is 4.79 Å². The predicted octanol–water partition coefficient (Wildman–Crippen LogP) is 2.49. The summed E-state index contributed by atoms with van der Waals surface area (Å²) < 4.78 is 13.2. The van der Waals surface area contributed by atoms with Crippen molar-refractivity contribution >= 4 is 17.7 Å². The van der Waals surface area contributed by atoms with Gasteiger partial charge >= 0.3 is 0 Å². The number of benzene rings is 1. The van der Waals surface area contributed by atoms with Crippen molar-refractivity contribution in [2.75, 3.05) is 62.7 Å². The zero-order chi connectivity index (χ0) is 22.8. The number of carbonyl (C=O) groups is 1. The van der Waals surface area contributed by atoms with E-state index in [1.165, 1.54) is 31.4 Å². The van der Waals surface area contributed by atoms with Gasteiger partial charge in [0, 0.05) is 57.8 Å². The highest BCUT2D eigenvalue weighted by molar-refractivity contribution is 5.79. The molecule has 176 valence electrons. The third-order valence-corrected chi connectivity index (χ3v) is 7.09. The van der Waals surface area contributed by atoms with E-state index in [9.17, 15) is 9.18 Å².